The molecule has 0 fully saturated rings. The number of benzene rings is 5. The smallest absolute Gasteiger partial charge is 0.306 e. The lowest BCUT2D eigenvalue weighted by molar-refractivity contribution is -0.144. The van der Waals surface area contributed by atoms with Crippen LogP contribution < -0.4 is 18.9 Å². The van der Waals surface area contributed by atoms with Gasteiger partial charge in [-0.15, -0.1) is 0 Å². The number of unbranched alkanes of at least 4 members (excludes halogenated alkanes) is 1. The monoisotopic (exact) mass is 766 g/mol. The van der Waals surface area contributed by atoms with Gasteiger partial charge in [0.2, 0.25) is 0 Å². The van der Waals surface area contributed by atoms with E-state index in [1.54, 1.807) is 38.1 Å². The topological polar surface area (TPSA) is 89.5 Å². The van der Waals surface area contributed by atoms with Gasteiger partial charge in [0.15, 0.2) is 0 Å². The number of rotatable bonds is 22. The zero-order valence-corrected chi connectivity index (χ0v) is 31.9. The Bertz CT molecular complexity index is 1980. The Morgan fingerprint density at radius 3 is 1.61 bits per heavy atom. The van der Waals surface area contributed by atoms with Gasteiger partial charge < -0.3 is 28.4 Å². The Kier molecular flexibility index (Phi) is 16.1. The van der Waals surface area contributed by atoms with Gasteiger partial charge in [-0.25, -0.2) is 8.78 Å². The zero-order valence-electron chi connectivity index (χ0n) is 31.9. The first kappa shape index (κ1) is 41.3. The summed E-state index contributed by atoms with van der Waals surface area (Å²) in [4.78, 5) is 24.0. The summed E-state index contributed by atoms with van der Waals surface area (Å²) in [7, 11) is 0. The van der Waals surface area contributed by atoms with Crippen molar-refractivity contribution in [1.82, 2.24) is 0 Å². The van der Waals surface area contributed by atoms with Crippen molar-refractivity contribution in [1.29, 1.82) is 0 Å². The molecule has 5 rings (SSSR count). The fourth-order valence-corrected chi connectivity index (χ4v) is 5.98. The second-order valence-corrected chi connectivity index (χ2v) is 12.8. The van der Waals surface area contributed by atoms with Gasteiger partial charge in [0.25, 0.3) is 0 Å². The van der Waals surface area contributed by atoms with E-state index >= 15 is 0 Å². The van der Waals surface area contributed by atoms with Crippen LogP contribution in [0.4, 0.5) is 8.78 Å². The van der Waals surface area contributed by atoms with Gasteiger partial charge in [0.1, 0.15) is 41.2 Å². The zero-order chi connectivity index (χ0) is 39.5. The van der Waals surface area contributed by atoms with Crippen LogP contribution in [0.5, 0.6) is 23.0 Å². The molecule has 0 aliphatic rings. The van der Waals surface area contributed by atoms with E-state index in [4.69, 9.17) is 28.4 Å². The summed E-state index contributed by atoms with van der Waals surface area (Å²) in [6.07, 6.45) is 2.62. The van der Waals surface area contributed by atoms with Gasteiger partial charge in [0.05, 0.1) is 33.0 Å². The van der Waals surface area contributed by atoms with Crippen molar-refractivity contribution >= 4 is 11.9 Å². The maximum atomic E-state index is 14.0. The van der Waals surface area contributed by atoms with Crippen molar-refractivity contribution in [2.75, 3.05) is 33.0 Å². The fourth-order valence-electron chi connectivity index (χ4n) is 5.98. The van der Waals surface area contributed by atoms with Crippen LogP contribution in [0, 0.1) is 11.6 Å². The second kappa shape index (κ2) is 21.9. The minimum absolute atomic E-state index is 0.158. The molecule has 0 aliphatic carbocycles. The molecule has 0 atom stereocenters. The summed E-state index contributed by atoms with van der Waals surface area (Å²) >= 11 is 0. The number of hydrogen-bond donors (Lipinski definition) is 0. The van der Waals surface area contributed by atoms with Crippen molar-refractivity contribution in [3.63, 3.8) is 0 Å². The molecule has 0 radical (unpaired) electrons. The average Bonchev–Trinajstić information content (AvgIpc) is 3.20. The van der Waals surface area contributed by atoms with E-state index in [0.29, 0.717) is 93.7 Å². The molecule has 8 nitrogen and oxygen atoms in total. The number of hydrogen-bond acceptors (Lipinski definition) is 8. The van der Waals surface area contributed by atoms with Crippen LogP contribution in [0.3, 0.4) is 0 Å². The van der Waals surface area contributed by atoms with Crippen LogP contribution in [0.15, 0.2) is 109 Å². The predicted molar refractivity (Wildman–Crippen MR) is 211 cm³/mol. The van der Waals surface area contributed by atoms with Crippen molar-refractivity contribution in [2.24, 2.45) is 0 Å². The normalized spacial score (nSPS) is 10.8. The van der Waals surface area contributed by atoms with Crippen LogP contribution in [0.1, 0.15) is 57.1 Å². The van der Waals surface area contributed by atoms with Gasteiger partial charge >= 0.3 is 11.9 Å². The predicted octanol–water partition coefficient (Wildman–Crippen LogP) is 10.3. The summed E-state index contributed by atoms with van der Waals surface area (Å²) in [6, 6.07) is 31.4. The van der Waals surface area contributed by atoms with Crippen molar-refractivity contribution in [3.8, 4) is 45.3 Å². The lowest BCUT2D eigenvalue weighted by Gasteiger charge is -2.19. The number of ether oxygens (including phenoxy) is 6. The van der Waals surface area contributed by atoms with Crippen LogP contribution >= 0.6 is 0 Å². The molecular formula is C46H48F2O8. The molecule has 0 saturated carbocycles. The highest BCUT2D eigenvalue weighted by molar-refractivity contribution is 5.82. The van der Waals surface area contributed by atoms with Crippen molar-refractivity contribution in [2.45, 2.75) is 59.0 Å². The first-order valence-corrected chi connectivity index (χ1v) is 19.0. The van der Waals surface area contributed by atoms with Crippen LogP contribution in [-0.2, 0) is 32.1 Å². The molecule has 294 valence electrons. The highest BCUT2D eigenvalue weighted by Crippen LogP contribution is 2.42. The molecule has 0 bridgehead atoms. The highest BCUT2D eigenvalue weighted by atomic mass is 19.1. The Labute approximate surface area is 327 Å². The summed E-state index contributed by atoms with van der Waals surface area (Å²) in [6.45, 7) is 5.45. The summed E-state index contributed by atoms with van der Waals surface area (Å²) in [5, 5.41) is 0. The SMILES string of the molecule is CCOC(=O)CCCCOc1cccc(OCCCOc2cc(OCc3ccccc3)c(-c3ccc(F)cc3)cc2-c2ccc(F)cc2)c1CCC(=O)OCC. The largest absolute Gasteiger partial charge is 0.493 e. The summed E-state index contributed by atoms with van der Waals surface area (Å²) in [5.74, 6) is 1.01. The van der Waals surface area contributed by atoms with Gasteiger partial charge in [-0.3, -0.25) is 9.59 Å². The molecule has 5 aromatic carbocycles. The van der Waals surface area contributed by atoms with E-state index in [2.05, 4.69) is 0 Å². The Morgan fingerprint density at radius 1 is 0.518 bits per heavy atom. The van der Waals surface area contributed by atoms with Crippen LogP contribution in [-0.4, -0.2) is 45.0 Å². The van der Waals surface area contributed by atoms with Gasteiger partial charge in [-0.1, -0.05) is 60.7 Å². The fraction of sp³-hybridized carbons (Fsp3) is 0.304. The summed E-state index contributed by atoms with van der Waals surface area (Å²) in [5.41, 5.74) is 4.66. The molecule has 0 spiro atoms. The molecule has 0 heterocycles. The molecule has 10 heteroatoms. The molecular weight excluding hydrogens is 718 g/mol. The Morgan fingerprint density at radius 2 is 1.04 bits per heavy atom. The van der Waals surface area contributed by atoms with E-state index in [1.807, 2.05) is 60.7 Å². The maximum Gasteiger partial charge on any atom is 0.306 e. The number of esters is 2. The number of carbonyl (C=O) groups excluding carboxylic acids is 2. The molecule has 56 heavy (non-hydrogen) atoms. The van der Waals surface area contributed by atoms with Crippen LogP contribution in [0.25, 0.3) is 22.3 Å². The third-order valence-corrected chi connectivity index (χ3v) is 8.75. The third kappa shape index (κ3) is 12.6. The summed E-state index contributed by atoms with van der Waals surface area (Å²) < 4.78 is 63.2. The van der Waals surface area contributed by atoms with Crippen molar-refractivity contribution < 1.29 is 46.8 Å². The minimum atomic E-state index is -0.361. The molecule has 0 aromatic heterocycles. The molecule has 0 aliphatic heterocycles. The maximum absolute atomic E-state index is 14.0. The lowest BCUT2D eigenvalue weighted by Crippen LogP contribution is -2.10. The Balaban J connectivity index is 1.31. The van der Waals surface area contributed by atoms with Gasteiger partial charge in [0, 0.05) is 42.0 Å². The minimum Gasteiger partial charge on any atom is -0.493 e. The molecule has 0 saturated heterocycles. The highest BCUT2D eigenvalue weighted by Gasteiger charge is 2.18. The van der Waals surface area contributed by atoms with Crippen LogP contribution in [0.2, 0.25) is 0 Å². The second-order valence-electron chi connectivity index (χ2n) is 12.8. The van der Waals surface area contributed by atoms with E-state index < -0.39 is 0 Å². The number of halogens is 2. The van der Waals surface area contributed by atoms with Crippen molar-refractivity contribution in [3.05, 3.63) is 132 Å². The van der Waals surface area contributed by atoms with E-state index in [-0.39, 0.29) is 36.6 Å². The van der Waals surface area contributed by atoms with E-state index in [1.165, 1.54) is 24.3 Å². The molecule has 5 aromatic rings. The molecule has 0 unspecified atom stereocenters. The van der Waals surface area contributed by atoms with Gasteiger partial charge in [-0.2, -0.15) is 0 Å². The lowest BCUT2D eigenvalue weighted by atomic mass is 9.97. The quantitative estimate of drug-likeness (QED) is 0.0508. The average molecular weight is 767 g/mol. The standard InChI is InChI=1S/C46H48F2O8/c1-3-51-45(49)16-8-9-27-53-41-14-10-15-42(38(41)25-26-46(50)52-4-2)54-28-11-29-55-43-31-44(56-32-33-12-6-5-7-13-33)40(35-19-23-37(48)24-20-35)30-39(43)34-17-21-36(47)22-18-34/h5-7,10,12-15,17-24,30-31H,3-4,8-9,11,16,25-29,32H2,1-2H3. The van der Waals surface area contributed by atoms with E-state index in [9.17, 15) is 18.4 Å². The third-order valence-electron chi connectivity index (χ3n) is 8.75. The molecule has 0 amide bonds. The number of carbonyl (C=O) groups is 2. The first-order chi connectivity index (χ1) is 27.3. The van der Waals surface area contributed by atoms with Gasteiger partial charge in [-0.05, 0) is 92.3 Å². The Hall–Kier alpha value is -5.90. The van der Waals surface area contributed by atoms with E-state index in [0.717, 1.165) is 27.8 Å². The molecule has 0 N–H and O–H groups in total. The first-order valence-electron chi connectivity index (χ1n) is 19.0.